The lowest BCUT2D eigenvalue weighted by Gasteiger charge is -2.45. The fraction of sp³-hybridized carbons (Fsp3) is 0.571. The number of ether oxygens (including phenoxy) is 1. The third-order valence-electron chi connectivity index (χ3n) is 6.81. The average molecular weight is 384 g/mol. The number of rotatable bonds is 5. The highest BCUT2D eigenvalue weighted by Crippen LogP contribution is 2.57. The molecule has 0 saturated heterocycles. The van der Waals surface area contributed by atoms with Crippen LogP contribution < -0.4 is 4.74 Å². The lowest BCUT2D eigenvalue weighted by atomic mass is 9.59. The second-order valence-electron chi connectivity index (χ2n) is 8.61. The van der Waals surface area contributed by atoms with E-state index < -0.39 is 0 Å². The highest BCUT2D eigenvalue weighted by atomic mass is 32.2. The third kappa shape index (κ3) is 3.51. The molecule has 6 rings (SSSR count). The van der Waals surface area contributed by atoms with Gasteiger partial charge in [-0.1, -0.05) is 23.9 Å². The van der Waals surface area contributed by atoms with Gasteiger partial charge >= 0.3 is 5.97 Å². The van der Waals surface area contributed by atoms with Crippen LogP contribution in [0.25, 0.3) is 0 Å². The van der Waals surface area contributed by atoms with Crippen LogP contribution in [0.15, 0.2) is 35.7 Å². The molecule has 2 atom stereocenters. The molecule has 6 heteroatoms. The Morgan fingerprint density at radius 1 is 1.15 bits per heavy atom. The van der Waals surface area contributed by atoms with Crippen molar-refractivity contribution in [1.82, 2.24) is 15.2 Å². The van der Waals surface area contributed by atoms with Crippen molar-refractivity contribution in [3.63, 3.8) is 0 Å². The number of H-pyrrole nitrogens is 1. The molecule has 4 aliphatic rings. The highest BCUT2D eigenvalue weighted by Gasteiger charge is 2.48. The SMILES string of the molecule is O=C(CSc1ncn[nH]1)Oc1ccc(C23CCC4CC(CC(C4)C2)C3)cc1. The van der Waals surface area contributed by atoms with Crippen LogP contribution in [0.5, 0.6) is 5.75 Å². The molecule has 0 amide bonds. The molecule has 27 heavy (non-hydrogen) atoms. The van der Waals surface area contributed by atoms with Crippen molar-refractivity contribution < 1.29 is 9.53 Å². The molecule has 0 spiro atoms. The molecule has 5 nitrogen and oxygen atoms in total. The van der Waals surface area contributed by atoms with Gasteiger partial charge in [0.2, 0.25) is 0 Å². The Morgan fingerprint density at radius 3 is 2.59 bits per heavy atom. The molecule has 142 valence electrons. The molecule has 0 radical (unpaired) electrons. The van der Waals surface area contributed by atoms with E-state index in [0.29, 0.717) is 16.3 Å². The van der Waals surface area contributed by atoms with Crippen molar-refractivity contribution in [2.24, 2.45) is 17.8 Å². The topological polar surface area (TPSA) is 67.9 Å². The molecule has 2 aromatic rings. The van der Waals surface area contributed by atoms with Crippen LogP contribution in [0.4, 0.5) is 0 Å². The van der Waals surface area contributed by atoms with Gasteiger partial charge in [0.05, 0.1) is 5.75 Å². The summed E-state index contributed by atoms with van der Waals surface area (Å²) in [5.74, 6) is 3.40. The number of hydrogen-bond acceptors (Lipinski definition) is 5. The molecular formula is C21H25N3O2S. The standard InChI is InChI=1S/C21H25N3O2S/c25-19(12-27-20-22-13-23-24-20)26-18-3-1-17(2-4-18)21-6-5-14-7-15(10-21)9-16(8-14)11-21/h1-4,13-16H,5-12H2,(H,22,23,24). The zero-order chi connectivity index (χ0) is 18.3. The molecule has 1 N–H and O–H groups in total. The number of benzene rings is 1. The summed E-state index contributed by atoms with van der Waals surface area (Å²) >= 11 is 1.29. The Bertz CT molecular complexity index is 791. The largest absolute Gasteiger partial charge is 0.426 e. The molecule has 4 bridgehead atoms. The van der Waals surface area contributed by atoms with E-state index in [4.69, 9.17) is 4.74 Å². The van der Waals surface area contributed by atoms with Gasteiger partial charge in [0.15, 0.2) is 5.16 Å². The molecule has 4 saturated carbocycles. The number of nitrogens with one attached hydrogen (secondary N) is 1. The molecule has 1 aromatic heterocycles. The van der Waals surface area contributed by atoms with Gasteiger partial charge in [-0.25, -0.2) is 4.98 Å². The number of aromatic nitrogens is 3. The minimum absolute atomic E-state index is 0.214. The van der Waals surface area contributed by atoms with Gasteiger partial charge in [-0.05, 0) is 85.8 Å². The predicted molar refractivity (Wildman–Crippen MR) is 104 cm³/mol. The summed E-state index contributed by atoms with van der Waals surface area (Å²) in [7, 11) is 0. The first-order chi connectivity index (χ1) is 13.2. The van der Waals surface area contributed by atoms with Crippen molar-refractivity contribution in [3.05, 3.63) is 36.2 Å². The molecule has 4 aliphatic carbocycles. The van der Waals surface area contributed by atoms with Crippen molar-refractivity contribution in [2.75, 3.05) is 5.75 Å². The first-order valence-corrected chi connectivity index (χ1v) is 11.0. The van der Waals surface area contributed by atoms with Crippen molar-refractivity contribution in [2.45, 2.75) is 55.5 Å². The summed E-state index contributed by atoms with van der Waals surface area (Å²) in [5.41, 5.74) is 1.82. The highest BCUT2D eigenvalue weighted by molar-refractivity contribution is 7.99. The Kier molecular flexibility index (Phi) is 4.46. The maximum atomic E-state index is 12.1. The van der Waals surface area contributed by atoms with E-state index in [1.807, 2.05) is 12.1 Å². The smallest absolute Gasteiger partial charge is 0.321 e. The fourth-order valence-electron chi connectivity index (χ4n) is 5.95. The number of aromatic amines is 1. The molecular weight excluding hydrogens is 358 g/mol. The number of carbonyl (C=O) groups is 1. The zero-order valence-electron chi connectivity index (χ0n) is 15.4. The number of hydrogen-bond donors (Lipinski definition) is 1. The minimum Gasteiger partial charge on any atom is -0.426 e. The number of thioether (sulfide) groups is 1. The van der Waals surface area contributed by atoms with E-state index in [2.05, 4.69) is 27.3 Å². The van der Waals surface area contributed by atoms with Crippen molar-refractivity contribution in [3.8, 4) is 5.75 Å². The van der Waals surface area contributed by atoms with Gasteiger partial charge in [-0.15, -0.1) is 0 Å². The van der Waals surface area contributed by atoms with E-state index in [9.17, 15) is 4.79 Å². The normalized spacial score (nSPS) is 31.6. The quantitative estimate of drug-likeness (QED) is 0.472. The Hall–Kier alpha value is -1.82. The fourth-order valence-corrected chi connectivity index (χ4v) is 6.51. The minimum atomic E-state index is -0.268. The van der Waals surface area contributed by atoms with Crippen LogP contribution >= 0.6 is 11.8 Å². The predicted octanol–water partition coefficient (Wildman–Crippen LogP) is 4.36. The van der Waals surface area contributed by atoms with Crippen LogP contribution in [0.3, 0.4) is 0 Å². The van der Waals surface area contributed by atoms with Gasteiger partial charge in [0, 0.05) is 0 Å². The van der Waals surface area contributed by atoms with Crippen molar-refractivity contribution >= 4 is 17.7 Å². The lowest BCUT2D eigenvalue weighted by Crippen LogP contribution is -2.37. The maximum Gasteiger partial charge on any atom is 0.321 e. The first kappa shape index (κ1) is 17.3. The monoisotopic (exact) mass is 383 g/mol. The second kappa shape index (κ2) is 6.97. The Morgan fingerprint density at radius 2 is 1.89 bits per heavy atom. The second-order valence-corrected chi connectivity index (χ2v) is 9.57. The van der Waals surface area contributed by atoms with Crippen molar-refractivity contribution in [1.29, 1.82) is 0 Å². The summed E-state index contributed by atoms with van der Waals surface area (Å²) < 4.78 is 5.49. The van der Waals surface area contributed by atoms with Gasteiger partial charge in [-0.2, -0.15) is 5.10 Å². The van der Waals surface area contributed by atoms with Crippen LogP contribution in [0.2, 0.25) is 0 Å². The third-order valence-corrected chi connectivity index (χ3v) is 7.66. The van der Waals surface area contributed by atoms with Gasteiger partial charge in [0.25, 0.3) is 0 Å². The number of carbonyl (C=O) groups excluding carboxylic acids is 1. The number of fused-ring (bicyclic) bond motifs is 1. The van der Waals surface area contributed by atoms with E-state index >= 15 is 0 Å². The van der Waals surface area contributed by atoms with E-state index in [1.54, 1.807) is 0 Å². The van der Waals surface area contributed by atoms with Gasteiger partial charge < -0.3 is 4.74 Å². The summed E-state index contributed by atoms with van der Waals surface area (Å²) in [6.45, 7) is 0. The molecule has 1 heterocycles. The molecule has 4 fully saturated rings. The van der Waals surface area contributed by atoms with Gasteiger partial charge in [-0.3, -0.25) is 9.89 Å². The van der Waals surface area contributed by atoms with Crippen LogP contribution in [0, 0.1) is 17.8 Å². The van der Waals surface area contributed by atoms with Crippen LogP contribution in [-0.2, 0) is 10.2 Å². The summed E-state index contributed by atoms with van der Waals surface area (Å²) in [6.07, 6.45) is 11.2. The molecule has 2 unspecified atom stereocenters. The summed E-state index contributed by atoms with van der Waals surface area (Å²) in [4.78, 5) is 16.0. The number of esters is 1. The molecule has 1 aromatic carbocycles. The summed E-state index contributed by atoms with van der Waals surface area (Å²) in [6, 6.07) is 8.36. The number of nitrogens with zero attached hydrogens (tertiary/aromatic N) is 2. The van der Waals surface area contributed by atoms with Crippen LogP contribution in [0.1, 0.15) is 50.5 Å². The van der Waals surface area contributed by atoms with Crippen LogP contribution in [-0.4, -0.2) is 26.9 Å². The van der Waals surface area contributed by atoms with E-state index in [-0.39, 0.29) is 11.7 Å². The first-order valence-electron chi connectivity index (χ1n) is 9.98. The maximum absolute atomic E-state index is 12.1. The lowest BCUT2D eigenvalue weighted by molar-refractivity contribution is -0.131. The summed E-state index contributed by atoms with van der Waals surface area (Å²) in [5, 5.41) is 7.12. The van der Waals surface area contributed by atoms with E-state index in [1.165, 1.54) is 68.6 Å². The molecule has 0 aliphatic heterocycles. The Labute approximate surface area is 163 Å². The Balaban J connectivity index is 1.25. The van der Waals surface area contributed by atoms with E-state index in [0.717, 1.165) is 17.8 Å². The van der Waals surface area contributed by atoms with Gasteiger partial charge in [0.1, 0.15) is 12.1 Å². The average Bonchev–Trinajstić information content (AvgIpc) is 3.10. The zero-order valence-corrected chi connectivity index (χ0v) is 16.2.